The molecule has 0 amide bonds. The minimum Gasteiger partial charge on any atom is -0.477 e. The Kier molecular flexibility index (Phi) is 6.35. The van der Waals surface area contributed by atoms with Crippen LogP contribution in [0, 0.1) is 11.3 Å². The van der Waals surface area contributed by atoms with Crippen molar-refractivity contribution < 1.29 is 14.6 Å². The zero-order valence-corrected chi connectivity index (χ0v) is 17.1. The highest BCUT2D eigenvalue weighted by Gasteiger charge is 2.23. The number of nitriles is 1. The van der Waals surface area contributed by atoms with Gasteiger partial charge in [0.05, 0.1) is 21.3 Å². The van der Waals surface area contributed by atoms with Crippen molar-refractivity contribution in [2.45, 2.75) is 20.1 Å². The molecule has 2 heterocycles. The van der Waals surface area contributed by atoms with E-state index in [1.54, 1.807) is 11.5 Å². The number of hydrogen-bond acceptors (Lipinski definition) is 6. The zero-order chi connectivity index (χ0) is 21.8. The van der Waals surface area contributed by atoms with Crippen molar-refractivity contribution in [3.63, 3.8) is 0 Å². The van der Waals surface area contributed by atoms with E-state index in [0.717, 1.165) is 6.07 Å². The fourth-order valence-electron chi connectivity index (χ4n) is 2.87. The number of nitrogens with zero attached hydrogens (tertiary/aromatic N) is 4. The number of benzene rings is 1. The van der Waals surface area contributed by atoms with Crippen LogP contribution in [0.25, 0.3) is 11.3 Å². The molecular weight excluding hydrogens is 431 g/mol. The molecule has 0 unspecified atom stereocenters. The van der Waals surface area contributed by atoms with Gasteiger partial charge in [-0.3, -0.25) is 4.79 Å². The molecule has 0 aliphatic heterocycles. The highest BCUT2D eigenvalue weighted by Crippen LogP contribution is 2.30. The summed E-state index contributed by atoms with van der Waals surface area (Å²) in [5.74, 6) is -0.911. The van der Waals surface area contributed by atoms with Crippen LogP contribution in [0.2, 0.25) is 10.0 Å². The van der Waals surface area contributed by atoms with Crippen LogP contribution in [-0.4, -0.2) is 25.6 Å². The van der Waals surface area contributed by atoms with Gasteiger partial charge in [-0.25, -0.2) is 14.8 Å². The third-order valence-corrected chi connectivity index (χ3v) is 4.70. The summed E-state index contributed by atoms with van der Waals surface area (Å²) in [7, 11) is 0. The summed E-state index contributed by atoms with van der Waals surface area (Å²) in [5.41, 5.74) is -0.433. The Balaban J connectivity index is 2.15. The van der Waals surface area contributed by atoms with Crippen LogP contribution in [0.5, 0.6) is 5.88 Å². The standard InChI is InChI=1S/C20H14Cl2N4O4/c1-2-26-17(30-10-16-24-8-13(21)9-25-16)6-15(27)18(20(28)29)19(26)11-3-4-12(7-23)14(22)5-11/h3-6,8-9H,2,10H2,1H3,(H,28,29). The number of carbonyl (C=O) groups is 1. The predicted molar refractivity (Wildman–Crippen MR) is 110 cm³/mol. The molecule has 3 aromatic rings. The molecule has 0 saturated carbocycles. The van der Waals surface area contributed by atoms with E-state index in [1.807, 2.05) is 6.07 Å². The van der Waals surface area contributed by atoms with Crippen LogP contribution in [0.1, 0.15) is 28.7 Å². The minimum atomic E-state index is -1.38. The van der Waals surface area contributed by atoms with E-state index >= 15 is 0 Å². The second kappa shape index (κ2) is 8.95. The molecule has 30 heavy (non-hydrogen) atoms. The third kappa shape index (κ3) is 4.27. The van der Waals surface area contributed by atoms with Crippen molar-refractivity contribution in [3.05, 3.63) is 73.9 Å². The van der Waals surface area contributed by atoms with Crippen LogP contribution < -0.4 is 10.2 Å². The summed E-state index contributed by atoms with van der Waals surface area (Å²) < 4.78 is 7.26. The molecule has 0 aliphatic carbocycles. The van der Waals surface area contributed by atoms with Gasteiger partial charge in [-0.2, -0.15) is 5.26 Å². The summed E-state index contributed by atoms with van der Waals surface area (Å²) in [6.45, 7) is 2.01. The van der Waals surface area contributed by atoms with Crippen molar-refractivity contribution in [1.82, 2.24) is 14.5 Å². The quantitative estimate of drug-likeness (QED) is 0.614. The maximum Gasteiger partial charge on any atom is 0.341 e. The fourth-order valence-corrected chi connectivity index (χ4v) is 3.19. The van der Waals surface area contributed by atoms with Gasteiger partial charge in [0.2, 0.25) is 5.43 Å². The van der Waals surface area contributed by atoms with Gasteiger partial charge in [0.15, 0.2) is 11.7 Å². The molecule has 8 nitrogen and oxygen atoms in total. The summed E-state index contributed by atoms with van der Waals surface area (Å²) in [4.78, 5) is 32.5. The summed E-state index contributed by atoms with van der Waals surface area (Å²) >= 11 is 11.9. The minimum absolute atomic E-state index is 0.0589. The second-order valence-corrected chi connectivity index (χ2v) is 6.88. The topological polar surface area (TPSA) is 118 Å². The van der Waals surface area contributed by atoms with Gasteiger partial charge in [-0.05, 0) is 19.1 Å². The Morgan fingerprint density at radius 2 is 1.97 bits per heavy atom. The number of rotatable bonds is 6. The molecule has 10 heteroatoms. The lowest BCUT2D eigenvalue weighted by molar-refractivity contribution is 0.0695. The average molecular weight is 445 g/mol. The van der Waals surface area contributed by atoms with E-state index in [9.17, 15) is 14.7 Å². The number of ether oxygens (including phenoxy) is 1. The van der Waals surface area contributed by atoms with E-state index in [1.165, 1.54) is 30.6 Å². The lowest BCUT2D eigenvalue weighted by atomic mass is 10.0. The number of hydrogen-bond donors (Lipinski definition) is 1. The molecule has 0 spiro atoms. The Morgan fingerprint density at radius 1 is 1.27 bits per heavy atom. The lowest BCUT2D eigenvalue weighted by Gasteiger charge is -2.19. The lowest BCUT2D eigenvalue weighted by Crippen LogP contribution is -2.22. The Bertz CT molecular complexity index is 1220. The monoisotopic (exact) mass is 444 g/mol. The van der Waals surface area contributed by atoms with E-state index in [0.29, 0.717) is 23.0 Å². The first-order valence-corrected chi connectivity index (χ1v) is 9.41. The third-order valence-electron chi connectivity index (χ3n) is 4.19. The van der Waals surface area contributed by atoms with Gasteiger partial charge < -0.3 is 14.4 Å². The van der Waals surface area contributed by atoms with Crippen molar-refractivity contribution in [2.75, 3.05) is 0 Å². The molecule has 0 fully saturated rings. The summed E-state index contributed by atoms with van der Waals surface area (Å²) in [5, 5.41) is 19.2. The summed E-state index contributed by atoms with van der Waals surface area (Å²) in [6, 6.07) is 7.49. The van der Waals surface area contributed by atoms with Gasteiger partial charge in [0.25, 0.3) is 0 Å². The number of carboxylic acids is 1. The predicted octanol–water partition coefficient (Wildman–Crippen LogP) is 3.78. The van der Waals surface area contributed by atoms with E-state index in [4.69, 9.17) is 33.2 Å². The smallest absolute Gasteiger partial charge is 0.341 e. The van der Waals surface area contributed by atoms with Crippen LogP contribution in [0.3, 0.4) is 0 Å². The molecule has 1 N–H and O–H groups in total. The van der Waals surface area contributed by atoms with E-state index in [2.05, 4.69) is 9.97 Å². The van der Waals surface area contributed by atoms with Gasteiger partial charge in [0, 0.05) is 30.6 Å². The maximum absolute atomic E-state index is 12.6. The molecule has 3 rings (SSSR count). The van der Waals surface area contributed by atoms with Crippen molar-refractivity contribution in [1.29, 1.82) is 5.26 Å². The molecule has 0 atom stereocenters. The molecule has 0 bridgehead atoms. The van der Waals surface area contributed by atoms with Crippen LogP contribution in [0.4, 0.5) is 0 Å². The number of halogens is 2. The highest BCUT2D eigenvalue weighted by atomic mass is 35.5. The Morgan fingerprint density at radius 3 is 2.53 bits per heavy atom. The van der Waals surface area contributed by atoms with Crippen molar-refractivity contribution in [3.8, 4) is 23.2 Å². The average Bonchev–Trinajstić information content (AvgIpc) is 2.72. The molecule has 152 valence electrons. The fraction of sp³-hybridized carbons (Fsp3) is 0.150. The summed E-state index contributed by atoms with van der Waals surface area (Å²) in [6.07, 6.45) is 2.83. The van der Waals surface area contributed by atoms with Crippen molar-refractivity contribution >= 4 is 29.2 Å². The molecule has 0 aliphatic rings. The van der Waals surface area contributed by atoms with Gasteiger partial charge >= 0.3 is 5.97 Å². The largest absolute Gasteiger partial charge is 0.477 e. The number of aromatic carboxylic acids is 1. The Labute approximate surface area is 180 Å². The van der Waals surface area contributed by atoms with Gasteiger partial charge in [0.1, 0.15) is 18.2 Å². The second-order valence-electron chi connectivity index (χ2n) is 6.03. The molecule has 2 aromatic heterocycles. The zero-order valence-electron chi connectivity index (χ0n) is 15.6. The molecule has 0 saturated heterocycles. The van der Waals surface area contributed by atoms with E-state index < -0.39 is 17.0 Å². The van der Waals surface area contributed by atoms with E-state index in [-0.39, 0.29) is 28.8 Å². The molecule has 0 radical (unpaired) electrons. The van der Waals surface area contributed by atoms with Crippen LogP contribution >= 0.6 is 23.2 Å². The highest BCUT2D eigenvalue weighted by molar-refractivity contribution is 6.32. The normalized spacial score (nSPS) is 10.5. The number of carboxylic acid groups (broad SMARTS) is 1. The first kappa shape index (κ1) is 21.3. The molecule has 1 aromatic carbocycles. The van der Waals surface area contributed by atoms with Gasteiger partial charge in [-0.1, -0.05) is 29.3 Å². The number of pyridine rings is 1. The van der Waals surface area contributed by atoms with Crippen LogP contribution in [0.15, 0.2) is 41.5 Å². The maximum atomic E-state index is 12.6. The van der Waals surface area contributed by atoms with Gasteiger partial charge in [-0.15, -0.1) is 0 Å². The first-order chi connectivity index (χ1) is 14.3. The first-order valence-electron chi connectivity index (χ1n) is 8.66. The van der Waals surface area contributed by atoms with Crippen molar-refractivity contribution in [2.24, 2.45) is 0 Å². The SMILES string of the molecule is CCn1c(OCc2ncc(Cl)cn2)cc(=O)c(C(=O)O)c1-c1ccc(C#N)c(Cl)c1. The number of aromatic nitrogens is 3. The Hall–Kier alpha value is -3.41. The van der Waals surface area contributed by atoms with Crippen LogP contribution in [-0.2, 0) is 13.2 Å². The molecular formula is C20H14Cl2N4O4.